The number of nitrogens with two attached hydrogens (primary N) is 1. The third-order valence-corrected chi connectivity index (χ3v) is 5.24. The first-order valence-corrected chi connectivity index (χ1v) is 8.00. The van der Waals surface area contributed by atoms with E-state index >= 15 is 0 Å². The molecule has 0 aromatic carbocycles. The molecular formula is C14H25N3S. The number of rotatable bonds is 5. The second-order valence-corrected chi connectivity index (χ2v) is 7.55. The van der Waals surface area contributed by atoms with Crippen LogP contribution in [0.25, 0.3) is 0 Å². The van der Waals surface area contributed by atoms with Crippen molar-refractivity contribution in [2.45, 2.75) is 62.8 Å². The lowest BCUT2D eigenvalue weighted by atomic mass is 10.00. The zero-order valence-electron chi connectivity index (χ0n) is 11.8. The van der Waals surface area contributed by atoms with Crippen molar-refractivity contribution in [1.29, 1.82) is 0 Å². The van der Waals surface area contributed by atoms with E-state index in [0.29, 0.717) is 4.75 Å². The fraction of sp³-hybridized carbons (Fsp3) is 0.786. The van der Waals surface area contributed by atoms with E-state index in [9.17, 15) is 0 Å². The van der Waals surface area contributed by atoms with Gasteiger partial charge in [0.05, 0.1) is 6.33 Å². The Labute approximate surface area is 115 Å². The van der Waals surface area contributed by atoms with Crippen molar-refractivity contribution in [3.05, 3.63) is 18.2 Å². The van der Waals surface area contributed by atoms with Crippen LogP contribution in [0, 0.1) is 0 Å². The van der Waals surface area contributed by atoms with Gasteiger partial charge in [-0.25, -0.2) is 4.98 Å². The lowest BCUT2D eigenvalue weighted by Gasteiger charge is -2.29. The van der Waals surface area contributed by atoms with Crippen molar-refractivity contribution in [3.8, 4) is 0 Å². The largest absolute Gasteiger partial charge is 0.333 e. The van der Waals surface area contributed by atoms with Gasteiger partial charge in [0.25, 0.3) is 0 Å². The van der Waals surface area contributed by atoms with Gasteiger partial charge in [0.2, 0.25) is 0 Å². The van der Waals surface area contributed by atoms with E-state index in [1.165, 1.54) is 31.4 Å². The van der Waals surface area contributed by atoms with Gasteiger partial charge in [0.1, 0.15) is 0 Å². The van der Waals surface area contributed by atoms with Crippen molar-refractivity contribution in [2.75, 3.05) is 6.26 Å². The molecule has 2 rings (SSSR count). The first-order valence-electron chi connectivity index (χ1n) is 6.77. The maximum atomic E-state index is 6.12. The van der Waals surface area contributed by atoms with E-state index in [4.69, 9.17) is 5.73 Å². The van der Waals surface area contributed by atoms with Crippen LogP contribution in [0.15, 0.2) is 12.5 Å². The number of hydrogen-bond acceptors (Lipinski definition) is 3. The van der Waals surface area contributed by atoms with Gasteiger partial charge in [0, 0.05) is 35.1 Å². The van der Waals surface area contributed by atoms with Gasteiger partial charge in [-0.2, -0.15) is 11.8 Å². The second kappa shape index (κ2) is 5.25. The predicted molar refractivity (Wildman–Crippen MR) is 78.9 cm³/mol. The Bertz CT molecular complexity index is 386. The molecule has 1 aliphatic carbocycles. The van der Waals surface area contributed by atoms with Crippen LogP contribution in [0.2, 0.25) is 0 Å². The van der Waals surface area contributed by atoms with Crippen LogP contribution in [0.3, 0.4) is 0 Å². The Morgan fingerprint density at radius 1 is 1.44 bits per heavy atom. The van der Waals surface area contributed by atoms with Crippen molar-refractivity contribution >= 4 is 11.8 Å². The fourth-order valence-corrected chi connectivity index (χ4v) is 3.83. The summed E-state index contributed by atoms with van der Waals surface area (Å²) in [6.07, 6.45) is 12.5. The minimum atomic E-state index is -0.167. The highest BCUT2D eigenvalue weighted by molar-refractivity contribution is 8.00. The summed E-state index contributed by atoms with van der Waals surface area (Å²) in [5, 5.41) is 0. The molecule has 0 spiro atoms. The molecule has 0 bridgehead atoms. The highest BCUT2D eigenvalue weighted by atomic mass is 32.2. The lowest BCUT2D eigenvalue weighted by Crippen LogP contribution is -2.36. The van der Waals surface area contributed by atoms with E-state index in [2.05, 4.69) is 29.7 Å². The molecule has 1 heterocycles. The summed E-state index contributed by atoms with van der Waals surface area (Å²) in [7, 11) is 0. The highest BCUT2D eigenvalue weighted by Gasteiger charge is 2.33. The minimum Gasteiger partial charge on any atom is -0.333 e. The molecule has 4 heteroatoms. The van der Waals surface area contributed by atoms with E-state index < -0.39 is 0 Å². The Hall–Kier alpha value is -0.480. The zero-order chi connectivity index (χ0) is 13.2. The minimum absolute atomic E-state index is 0.167. The first kappa shape index (κ1) is 13.9. The summed E-state index contributed by atoms with van der Waals surface area (Å²) < 4.78 is 2.74. The van der Waals surface area contributed by atoms with Crippen LogP contribution in [-0.2, 0) is 13.0 Å². The van der Waals surface area contributed by atoms with Gasteiger partial charge in [-0.3, -0.25) is 0 Å². The average Bonchev–Trinajstić information content (AvgIpc) is 2.88. The molecule has 0 amide bonds. The van der Waals surface area contributed by atoms with E-state index in [0.717, 1.165) is 13.0 Å². The third kappa shape index (κ3) is 3.29. The number of hydrogen-bond donors (Lipinski definition) is 1. The molecule has 102 valence electrons. The molecule has 1 saturated carbocycles. The highest BCUT2D eigenvalue weighted by Crippen LogP contribution is 2.41. The van der Waals surface area contributed by atoms with Crippen molar-refractivity contribution in [1.82, 2.24) is 9.55 Å². The van der Waals surface area contributed by atoms with Crippen LogP contribution in [-0.4, -0.2) is 26.1 Å². The maximum Gasteiger partial charge on any atom is 0.0948 e. The maximum absolute atomic E-state index is 6.12. The van der Waals surface area contributed by atoms with Gasteiger partial charge in [-0.05, 0) is 32.9 Å². The van der Waals surface area contributed by atoms with Gasteiger partial charge >= 0.3 is 0 Å². The molecule has 0 unspecified atom stereocenters. The molecule has 0 atom stereocenters. The molecular weight excluding hydrogens is 242 g/mol. The molecule has 1 fully saturated rings. The third-order valence-electron chi connectivity index (χ3n) is 3.84. The second-order valence-electron chi connectivity index (χ2n) is 6.27. The summed E-state index contributed by atoms with van der Waals surface area (Å²) in [5.74, 6) is 0. The van der Waals surface area contributed by atoms with Crippen LogP contribution in [0.1, 0.15) is 45.2 Å². The summed E-state index contributed by atoms with van der Waals surface area (Å²) in [6.45, 7) is 5.23. The summed E-state index contributed by atoms with van der Waals surface area (Å²) in [4.78, 5) is 4.31. The van der Waals surface area contributed by atoms with Crippen molar-refractivity contribution in [2.24, 2.45) is 5.73 Å². The van der Waals surface area contributed by atoms with E-state index in [-0.39, 0.29) is 5.54 Å². The van der Waals surface area contributed by atoms with E-state index in [1.807, 2.05) is 24.3 Å². The molecule has 0 radical (unpaired) electrons. The smallest absolute Gasteiger partial charge is 0.0948 e. The molecule has 1 aromatic heterocycles. The Morgan fingerprint density at radius 2 is 2.11 bits per heavy atom. The summed E-state index contributed by atoms with van der Waals surface area (Å²) >= 11 is 2.02. The fourth-order valence-electron chi connectivity index (χ4n) is 2.86. The molecule has 18 heavy (non-hydrogen) atoms. The van der Waals surface area contributed by atoms with E-state index in [1.54, 1.807) is 0 Å². The number of thioether (sulfide) groups is 1. The summed E-state index contributed by atoms with van der Waals surface area (Å²) in [5.41, 5.74) is 7.22. The van der Waals surface area contributed by atoms with Gasteiger partial charge in [-0.1, -0.05) is 12.8 Å². The van der Waals surface area contributed by atoms with Gasteiger partial charge in [0.15, 0.2) is 0 Å². The van der Waals surface area contributed by atoms with Crippen LogP contribution >= 0.6 is 11.8 Å². The molecule has 0 saturated heterocycles. The number of imidazole rings is 1. The Kier molecular flexibility index (Phi) is 4.07. The Morgan fingerprint density at radius 3 is 2.67 bits per heavy atom. The molecule has 1 aliphatic rings. The predicted octanol–water partition coefficient (Wildman–Crippen LogP) is 2.84. The topological polar surface area (TPSA) is 43.8 Å². The molecule has 0 aliphatic heterocycles. The number of aromatic nitrogens is 2. The molecule has 1 aromatic rings. The SMILES string of the molecule is CSC1(Cn2cncc2CC(C)(C)N)CCCC1. The normalized spacial score (nSPS) is 19.3. The monoisotopic (exact) mass is 267 g/mol. The lowest BCUT2D eigenvalue weighted by molar-refractivity contribution is 0.459. The standard InChI is InChI=1S/C14H25N3S/c1-13(2,15)8-12-9-16-11-17(12)10-14(18-3)6-4-5-7-14/h9,11H,4-8,10,15H2,1-3H3. The quantitative estimate of drug-likeness (QED) is 0.892. The van der Waals surface area contributed by atoms with Gasteiger partial charge < -0.3 is 10.3 Å². The Balaban J connectivity index is 2.12. The zero-order valence-corrected chi connectivity index (χ0v) is 12.6. The van der Waals surface area contributed by atoms with Crippen molar-refractivity contribution in [3.63, 3.8) is 0 Å². The van der Waals surface area contributed by atoms with Gasteiger partial charge in [-0.15, -0.1) is 0 Å². The summed E-state index contributed by atoms with van der Waals surface area (Å²) in [6, 6.07) is 0. The molecule has 3 nitrogen and oxygen atoms in total. The first-order chi connectivity index (χ1) is 8.44. The number of nitrogens with zero attached hydrogens (tertiary/aromatic N) is 2. The van der Waals surface area contributed by atoms with Crippen LogP contribution < -0.4 is 5.73 Å². The molecule has 2 N–H and O–H groups in total. The van der Waals surface area contributed by atoms with Crippen LogP contribution in [0.4, 0.5) is 0 Å². The van der Waals surface area contributed by atoms with Crippen molar-refractivity contribution < 1.29 is 0 Å². The van der Waals surface area contributed by atoms with Crippen LogP contribution in [0.5, 0.6) is 0 Å². The average molecular weight is 267 g/mol.